The molecule has 5 rings (SSSR count). The van der Waals surface area contributed by atoms with Gasteiger partial charge in [-0.1, -0.05) is 30.3 Å². The number of carboxylic acid groups (broad SMARTS) is 1. The average molecular weight is 449 g/mol. The molecular formula is C23H20N4O4S. The third kappa shape index (κ3) is 3.94. The predicted octanol–water partition coefficient (Wildman–Crippen LogP) is 3.75. The molecule has 1 atom stereocenters. The summed E-state index contributed by atoms with van der Waals surface area (Å²) in [5, 5.41) is 17.5. The quantitative estimate of drug-likeness (QED) is 0.550. The molecule has 0 bridgehead atoms. The van der Waals surface area contributed by atoms with E-state index in [0.717, 1.165) is 28.9 Å². The van der Waals surface area contributed by atoms with E-state index >= 15 is 0 Å². The van der Waals surface area contributed by atoms with Crippen molar-refractivity contribution >= 4 is 40.1 Å². The molecule has 2 aliphatic rings. The number of aromatic nitrogens is 1. The van der Waals surface area contributed by atoms with Crippen molar-refractivity contribution in [3.8, 4) is 11.3 Å². The van der Waals surface area contributed by atoms with Crippen molar-refractivity contribution in [1.29, 1.82) is 0 Å². The zero-order chi connectivity index (χ0) is 22.2. The van der Waals surface area contributed by atoms with Gasteiger partial charge in [-0.3, -0.25) is 14.5 Å². The lowest BCUT2D eigenvalue weighted by Gasteiger charge is -2.21. The summed E-state index contributed by atoms with van der Waals surface area (Å²) in [4.78, 5) is 42.3. The van der Waals surface area contributed by atoms with Crippen molar-refractivity contribution < 1.29 is 19.5 Å². The molecular weight excluding hydrogens is 428 g/mol. The second kappa shape index (κ2) is 8.08. The van der Waals surface area contributed by atoms with E-state index in [1.54, 1.807) is 24.3 Å². The number of thiazole rings is 1. The first-order chi connectivity index (χ1) is 15.5. The van der Waals surface area contributed by atoms with Crippen LogP contribution in [0, 0.1) is 0 Å². The van der Waals surface area contributed by atoms with Gasteiger partial charge >= 0.3 is 6.09 Å². The third-order valence-corrected chi connectivity index (χ3v) is 6.33. The van der Waals surface area contributed by atoms with Crippen molar-refractivity contribution in [3.05, 3.63) is 65.0 Å². The van der Waals surface area contributed by atoms with Gasteiger partial charge in [0.2, 0.25) is 5.91 Å². The molecule has 8 nitrogen and oxygen atoms in total. The van der Waals surface area contributed by atoms with Gasteiger partial charge in [-0.15, -0.1) is 11.3 Å². The van der Waals surface area contributed by atoms with Crippen LogP contribution in [0.15, 0.2) is 53.9 Å². The van der Waals surface area contributed by atoms with E-state index in [2.05, 4.69) is 15.6 Å². The number of hydrogen-bond acceptors (Lipinski definition) is 5. The fourth-order valence-corrected chi connectivity index (χ4v) is 4.50. The number of hydrogen-bond donors (Lipinski definition) is 3. The summed E-state index contributed by atoms with van der Waals surface area (Å²) in [7, 11) is 0. The minimum atomic E-state index is -1.17. The van der Waals surface area contributed by atoms with Gasteiger partial charge in [0.15, 0.2) is 5.13 Å². The van der Waals surface area contributed by atoms with Gasteiger partial charge in [-0.05, 0) is 36.6 Å². The Labute approximate surface area is 187 Å². The van der Waals surface area contributed by atoms with Crippen LogP contribution in [0.5, 0.6) is 0 Å². The topological polar surface area (TPSA) is 112 Å². The average Bonchev–Trinajstić information content (AvgIpc) is 3.33. The van der Waals surface area contributed by atoms with E-state index in [0.29, 0.717) is 34.5 Å². The highest BCUT2D eigenvalue weighted by Crippen LogP contribution is 2.33. The number of nitrogens with zero attached hydrogens (tertiary/aromatic N) is 2. The Morgan fingerprint density at radius 3 is 2.53 bits per heavy atom. The number of para-hydroxylation sites is 1. The van der Waals surface area contributed by atoms with Gasteiger partial charge < -0.3 is 15.7 Å². The largest absolute Gasteiger partial charge is 0.465 e. The van der Waals surface area contributed by atoms with Crippen LogP contribution in [0.2, 0.25) is 0 Å². The fraction of sp³-hybridized carbons (Fsp3) is 0.217. The zero-order valence-electron chi connectivity index (χ0n) is 16.9. The molecule has 0 spiro atoms. The lowest BCUT2D eigenvalue weighted by Crippen LogP contribution is -2.44. The van der Waals surface area contributed by atoms with Gasteiger partial charge in [0.05, 0.1) is 11.4 Å². The maximum atomic E-state index is 12.9. The van der Waals surface area contributed by atoms with Gasteiger partial charge in [0, 0.05) is 29.0 Å². The second-order valence-electron chi connectivity index (χ2n) is 7.85. The second-order valence-corrected chi connectivity index (χ2v) is 8.71. The summed E-state index contributed by atoms with van der Waals surface area (Å²) in [6.45, 7) is 0. The Balaban J connectivity index is 1.27. The van der Waals surface area contributed by atoms with E-state index in [1.165, 1.54) is 11.3 Å². The molecule has 32 heavy (non-hydrogen) atoms. The van der Waals surface area contributed by atoms with Crippen molar-refractivity contribution in [2.45, 2.75) is 31.3 Å². The summed E-state index contributed by atoms with van der Waals surface area (Å²) >= 11 is 1.26. The van der Waals surface area contributed by atoms with Crippen LogP contribution in [-0.2, 0) is 11.2 Å². The first-order valence-electron chi connectivity index (χ1n) is 10.3. The number of nitrogens with one attached hydrogen (secondary N) is 2. The first kappa shape index (κ1) is 20.2. The van der Waals surface area contributed by atoms with Crippen molar-refractivity contribution in [2.75, 3.05) is 10.2 Å². The van der Waals surface area contributed by atoms with Crippen LogP contribution in [0.25, 0.3) is 11.3 Å². The molecule has 0 radical (unpaired) electrons. The smallest absolute Gasteiger partial charge is 0.412 e. The molecule has 2 aromatic carbocycles. The number of rotatable bonds is 5. The van der Waals surface area contributed by atoms with Crippen molar-refractivity contribution in [3.63, 3.8) is 0 Å². The normalized spacial score (nSPS) is 17.0. The first-order valence-corrected chi connectivity index (χ1v) is 11.2. The molecule has 2 heterocycles. The van der Waals surface area contributed by atoms with Crippen molar-refractivity contribution in [1.82, 2.24) is 10.3 Å². The molecule has 3 N–H and O–H groups in total. The summed E-state index contributed by atoms with van der Waals surface area (Å²) in [5.41, 5.74) is 3.44. The molecule has 3 amide bonds. The molecule has 1 unspecified atom stereocenters. The number of amides is 3. The summed E-state index contributed by atoms with van der Waals surface area (Å²) in [6, 6.07) is 13.7. The summed E-state index contributed by atoms with van der Waals surface area (Å²) in [5.74, 6) is -0.498. The zero-order valence-corrected chi connectivity index (χ0v) is 17.8. The van der Waals surface area contributed by atoms with E-state index < -0.39 is 18.0 Å². The lowest BCUT2D eigenvalue weighted by atomic mass is 10.1. The Morgan fingerprint density at radius 2 is 1.81 bits per heavy atom. The standard InChI is InChI=1S/C23H20N4O4S/c28-20(24-16-9-10-16)14-7-5-13(6-8-14)17-12-32-22(25-17)26-21(29)19-11-15-3-1-2-4-18(15)27(19)23(30)31/h1-8,12,16,19H,9-11H2,(H,24,28)(H,30,31)(H,25,26,29). The molecule has 9 heteroatoms. The molecule has 3 aromatic rings. The summed E-state index contributed by atoms with van der Waals surface area (Å²) < 4.78 is 0. The van der Waals surface area contributed by atoms with E-state index in [9.17, 15) is 19.5 Å². The molecule has 1 aromatic heterocycles. The Bertz CT molecular complexity index is 1200. The maximum Gasteiger partial charge on any atom is 0.412 e. The van der Waals surface area contributed by atoms with E-state index in [1.807, 2.05) is 29.6 Å². The van der Waals surface area contributed by atoms with Crippen LogP contribution in [0.1, 0.15) is 28.8 Å². The number of carbonyl (C=O) groups is 3. The highest BCUT2D eigenvalue weighted by atomic mass is 32.1. The van der Waals surface area contributed by atoms with Crippen molar-refractivity contribution in [2.24, 2.45) is 0 Å². The molecule has 0 saturated heterocycles. The Hall–Kier alpha value is -3.72. The van der Waals surface area contributed by atoms with Crippen LogP contribution < -0.4 is 15.5 Å². The van der Waals surface area contributed by atoms with Gasteiger partial charge in [0.25, 0.3) is 5.91 Å². The van der Waals surface area contributed by atoms with Crippen LogP contribution in [0.3, 0.4) is 0 Å². The van der Waals surface area contributed by atoms with Gasteiger partial charge in [-0.25, -0.2) is 9.78 Å². The van der Waals surface area contributed by atoms with E-state index in [-0.39, 0.29) is 5.91 Å². The van der Waals surface area contributed by atoms with Gasteiger partial charge in [-0.2, -0.15) is 0 Å². The van der Waals surface area contributed by atoms with Crippen LogP contribution >= 0.6 is 11.3 Å². The minimum Gasteiger partial charge on any atom is -0.465 e. The third-order valence-electron chi connectivity index (χ3n) is 5.57. The number of benzene rings is 2. The van der Waals surface area contributed by atoms with E-state index in [4.69, 9.17) is 0 Å². The Kier molecular flexibility index (Phi) is 5.10. The lowest BCUT2D eigenvalue weighted by molar-refractivity contribution is -0.117. The highest BCUT2D eigenvalue weighted by Gasteiger charge is 2.38. The molecule has 1 aliphatic heterocycles. The number of anilines is 2. The highest BCUT2D eigenvalue weighted by molar-refractivity contribution is 7.14. The minimum absolute atomic E-state index is 0.0779. The number of carbonyl (C=O) groups excluding carboxylic acids is 2. The predicted molar refractivity (Wildman–Crippen MR) is 121 cm³/mol. The summed E-state index contributed by atoms with van der Waals surface area (Å²) in [6.07, 6.45) is 1.22. The SMILES string of the molecule is O=C(NC1CC1)c1ccc(-c2csc(NC(=O)C3Cc4ccccc4N3C(=O)O)n2)cc1. The van der Waals surface area contributed by atoms with Crippen LogP contribution in [0.4, 0.5) is 15.6 Å². The molecule has 1 saturated carbocycles. The molecule has 162 valence electrons. The fourth-order valence-electron chi connectivity index (χ4n) is 3.77. The Morgan fingerprint density at radius 1 is 1.06 bits per heavy atom. The van der Waals surface area contributed by atoms with Gasteiger partial charge in [0.1, 0.15) is 6.04 Å². The molecule has 1 aliphatic carbocycles. The monoisotopic (exact) mass is 448 g/mol. The van der Waals surface area contributed by atoms with Crippen LogP contribution in [-0.4, -0.2) is 40.1 Å². The number of fused-ring (bicyclic) bond motifs is 1. The maximum absolute atomic E-state index is 12.9. The molecule has 1 fully saturated rings.